The normalized spacial score (nSPS) is 11.7. The number of thiophene rings is 1. The molecular formula is C19H19F3N2O4S. The van der Waals surface area contributed by atoms with E-state index in [1.807, 2.05) is 19.2 Å². The summed E-state index contributed by atoms with van der Waals surface area (Å²) >= 11 is 1.28. The van der Waals surface area contributed by atoms with Gasteiger partial charge in [0.25, 0.3) is 5.91 Å². The monoisotopic (exact) mass is 428 g/mol. The molecule has 2 aromatic rings. The van der Waals surface area contributed by atoms with E-state index in [-0.39, 0.29) is 0 Å². The van der Waals surface area contributed by atoms with Crippen molar-refractivity contribution < 1.29 is 32.3 Å². The third kappa shape index (κ3) is 5.57. The van der Waals surface area contributed by atoms with Crippen molar-refractivity contribution in [3.63, 3.8) is 0 Å². The van der Waals surface area contributed by atoms with Crippen molar-refractivity contribution in [2.45, 2.75) is 33.3 Å². The molecule has 1 atom stereocenters. The Hall–Kier alpha value is -2.88. The molecular weight excluding hydrogens is 409 g/mol. The molecule has 0 bridgehead atoms. The summed E-state index contributed by atoms with van der Waals surface area (Å²) in [6.07, 6.45) is -0.407. The van der Waals surface area contributed by atoms with E-state index in [0.29, 0.717) is 10.9 Å². The van der Waals surface area contributed by atoms with Crippen molar-refractivity contribution in [2.75, 3.05) is 11.9 Å². The number of halogens is 3. The number of carbonyl (C=O) groups excluding carboxylic acids is 3. The van der Waals surface area contributed by atoms with Crippen LogP contribution in [0.15, 0.2) is 18.2 Å². The summed E-state index contributed by atoms with van der Waals surface area (Å²) in [5, 5.41) is 4.23. The van der Waals surface area contributed by atoms with Gasteiger partial charge >= 0.3 is 5.97 Å². The molecule has 1 unspecified atom stereocenters. The van der Waals surface area contributed by atoms with Gasteiger partial charge in [0.1, 0.15) is 4.88 Å². The number of nitrogens with one attached hydrogen (secondary N) is 2. The van der Waals surface area contributed by atoms with Crippen LogP contribution in [0.3, 0.4) is 0 Å². The summed E-state index contributed by atoms with van der Waals surface area (Å²) in [7, 11) is 0. The number of ether oxygens (including phenoxy) is 1. The summed E-state index contributed by atoms with van der Waals surface area (Å²) in [6.45, 7) is 4.58. The fraction of sp³-hybridized carbons (Fsp3) is 0.316. The number of hydrogen-bond donors (Lipinski definition) is 2. The number of carbonyl (C=O) groups is 3. The molecule has 0 saturated heterocycles. The highest BCUT2D eigenvalue weighted by atomic mass is 32.1. The van der Waals surface area contributed by atoms with Crippen LogP contribution in [-0.4, -0.2) is 30.4 Å². The third-order valence-electron chi connectivity index (χ3n) is 3.93. The van der Waals surface area contributed by atoms with Crippen LogP contribution in [0.4, 0.5) is 18.9 Å². The summed E-state index contributed by atoms with van der Waals surface area (Å²) in [5.41, 5.74) is 0.394. The maximum Gasteiger partial charge on any atom is 0.349 e. The van der Waals surface area contributed by atoms with Crippen LogP contribution in [0.5, 0.6) is 0 Å². The molecule has 0 aliphatic carbocycles. The molecule has 6 nitrogen and oxygen atoms in total. The van der Waals surface area contributed by atoms with Crippen LogP contribution in [0, 0.1) is 24.4 Å². The molecule has 0 saturated carbocycles. The minimum absolute atomic E-state index is 0.366. The lowest BCUT2D eigenvalue weighted by molar-refractivity contribution is -0.130. The zero-order chi connectivity index (χ0) is 21.7. The Kier molecular flexibility index (Phi) is 7.38. The van der Waals surface area contributed by atoms with Gasteiger partial charge in [-0.25, -0.2) is 18.0 Å². The summed E-state index contributed by atoms with van der Waals surface area (Å²) < 4.78 is 44.7. The zero-order valence-electron chi connectivity index (χ0n) is 15.9. The molecule has 1 aromatic heterocycles. The zero-order valence-corrected chi connectivity index (χ0v) is 16.7. The van der Waals surface area contributed by atoms with E-state index in [1.54, 1.807) is 6.07 Å². The molecule has 1 aromatic carbocycles. The van der Waals surface area contributed by atoms with E-state index in [1.165, 1.54) is 18.3 Å². The van der Waals surface area contributed by atoms with Crippen LogP contribution >= 0.6 is 11.3 Å². The van der Waals surface area contributed by atoms with E-state index in [2.05, 4.69) is 5.32 Å². The van der Waals surface area contributed by atoms with Crippen molar-refractivity contribution in [2.24, 2.45) is 0 Å². The topological polar surface area (TPSA) is 84.5 Å². The molecule has 0 aliphatic heterocycles. The first-order valence-corrected chi connectivity index (χ1v) is 9.47. The van der Waals surface area contributed by atoms with Crippen LogP contribution < -0.4 is 10.6 Å². The van der Waals surface area contributed by atoms with Crippen molar-refractivity contribution in [1.82, 2.24) is 5.32 Å². The SMILES string of the molecule is CCc1sc(C(=O)OC(C)C(=O)NCC(=O)Nc2ccc(F)c(F)c2F)cc1C. The average Bonchev–Trinajstić information content (AvgIpc) is 3.07. The lowest BCUT2D eigenvalue weighted by atomic mass is 10.2. The summed E-state index contributed by atoms with van der Waals surface area (Å²) in [4.78, 5) is 37.3. The first-order chi connectivity index (χ1) is 13.6. The second kappa shape index (κ2) is 9.55. The maximum atomic E-state index is 13.5. The van der Waals surface area contributed by atoms with Gasteiger partial charge in [-0.05, 0) is 44.0 Å². The van der Waals surface area contributed by atoms with Gasteiger partial charge in [0.15, 0.2) is 23.6 Å². The van der Waals surface area contributed by atoms with Gasteiger partial charge in [-0.2, -0.15) is 0 Å². The number of benzene rings is 1. The van der Waals surface area contributed by atoms with Crippen LogP contribution in [0.1, 0.15) is 34.0 Å². The minimum Gasteiger partial charge on any atom is -0.448 e. The van der Waals surface area contributed by atoms with Gasteiger partial charge in [-0.1, -0.05) is 6.92 Å². The Labute approximate surface area is 169 Å². The highest BCUT2D eigenvalue weighted by molar-refractivity contribution is 7.14. The largest absolute Gasteiger partial charge is 0.448 e. The second-order valence-electron chi connectivity index (χ2n) is 6.11. The van der Waals surface area contributed by atoms with Crippen molar-refractivity contribution in [3.8, 4) is 0 Å². The van der Waals surface area contributed by atoms with E-state index in [9.17, 15) is 27.6 Å². The predicted octanol–water partition coefficient (Wildman–Crippen LogP) is 3.34. The number of amides is 2. The van der Waals surface area contributed by atoms with Gasteiger partial charge in [0.2, 0.25) is 5.91 Å². The molecule has 2 rings (SSSR count). The molecule has 29 heavy (non-hydrogen) atoms. The predicted molar refractivity (Wildman–Crippen MR) is 101 cm³/mol. The Bertz CT molecular complexity index is 946. The van der Waals surface area contributed by atoms with E-state index >= 15 is 0 Å². The number of aryl methyl sites for hydroxylation is 2. The molecule has 0 aliphatic rings. The van der Waals surface area contributed by atoms with Gasteiger partial charge < -0.3 is 15.4 Å². The summed E-state index contributed by atoms with van der Waals surface area (Å²) in [5.74, 6) is -6.94. The van der Waals surface area contributed by atoms with Gasteiger partial charge in [0, 0.05) is 4.88 Å². The molecule has 2 N–H and O–H groups in total. The first kappa shape index (κ1) is 22.4. The minimum atomic E-state index is -1.72. The van der Waals surface area contributed by atoms with Crippen LogP contribution in [0.2, 0.25) is 0 Å². The molecule has 0 spiro atoms. The number of esters is 1. The number of rotatable bonds is 7. The lowest BCUT2D eigenvalue weighted by Gasteiger charge is -2.13. The van der Waals surface area contributed by atoms with Gasteiger partial charge in [-0.15, -0.1) is 11.3 Å². The Balaban J connectivity index is 1.87. The van der Waals surface area contributed by atoms with Crippen molar-refractivity contribution in [3.05, 3.63) is 51.0 Å². The van der Waals surface area contributed by atoms with Crippen molar-refractivity contribution in [1.29, 1.82) is 0 Å². The standard InChI is InChI=1S/C19H19F3N2O4S/c1-4-13-9(2)7-14(29-13)19(27)28-10(3)18(26)23-8-15(25)24-12-6-5-11(20)16(21)17(12)22/h5-7,10H,4,8H2,1-3H3,(H,23,26)(H,24,25). The Morgan fingerprint density at radius 2 is 1.86 bits per heavy atom. The number of anilines is 1. The average molecular weight is 428 g/mol. The fourth-order valence-electron chi connectivity index (χ4n) is 2.37. The highest BCUT2D eigenvalue weighted by Gasteiger charge is 2.22. The quantitative estimate of drug-likeness (QED) is 0.523. The first-order valence-electron chi connectivity index (χ1n) is 8.65. The smallest absolute Gasteiger partial charge is 0.349 e. The second-order valence-corrected chi connectivity index (χ2v) is 7.24. The maximum absolute atomic E-state index is 13.5. The molecule has 156 valence electrons. The molecule has 0 fully saturated rings. The molecule has 2 amide bonds. The lowest BCUT2D eigenvalue weighted by Crippen LogP contribution is -2.40. The van der Waals surface area contributed by atoms with Gasteiger partial charge in [0.05, 0.1) is 12.2 Å². The Morgan fingerprint density at radius 3 is 2.48 bits per heavy atom. The fourth-order valence-corrected chi connectivity index (χ4v) is 3.37. The molecule has 1 heterocycles. The number of hydrogen-bond acceptors (Lipinski definition) is 5. The highest BCUT2D eigenvalue weighted by Crippen LogP contribution is 2.23. The Morgan fingerprint density at radius 1 is 1.17 bits per heavy atom. The summed E-state index contributed by atoms with van der Waals surface area (Å²) in [6, 6.07) is 3.19. The van der Waals surface area contributed by atoms with E-state index in [0.717, 1.165) is 22.9 Å². The van der Waals surface area contributed by atoms with Crippen LogP contribution in [-0.2, 0) is 20.7 Å². The van der Waals surface area contributed by atoms with Crippen molar-refractivity contribution >= 4 is 34.8 Å². The molecule has 10 heteroatoms. The third-order valence-corrected chi connectivity index (χ3v) is 5.29. The van der Waals surface area contributed by atoms with E-state index in [4.69, 9.17) is 4.74 Å². The molecule has 0 radical (unpaired) electrons. The van der Waals surface area contributed by atoms with E-state index < -0.39 is 53.6 Å². The van der Waals surface area contributed by atoms with Crippen LogP contribution in [0.25, 0.3) is 0 Å². The van der Waals surface area contributed by atoms with Gasteiger partial charge in [-0.3, -0.25) is 9.59 Å².